The third kappa shape index (κ3) is 4.67. The molecule has 31 heavy (non-hydrogen) atoms. The van der Waals surface area contributed by atoms with E-state index in [1.165, 1.54) is 16.4 Å². The monoisotopic (exact) mass is 442 g/mol. The van der Waals surface area contributed by atoms with Crippen LogP contribution in [0.25, 0.3) is 11.3 Å². The van der Waals surface area contributed by atoms with E-state index in [4.69, 9.17) is 4.74 Å². The van der Waals surface area contributed by atoms with Gasteiger partial charge in [0.25, 0.3) is 0 Å². The van der Waals surface area contributed by atoms with E-state index in [2.05, 4.69) is 10.2 Å². The molecule has 1 saturated heterocycles. The summed E-state index contributed by atoms with van der Waals surface area (Å²) in [7, 11) is -3.56. The number of rotatable bonds is 6. The molecule has 0 saturated carbocycles. The summed E-state index contributed by atoms with van der Waals surface area (Å²) in [5.41, 5.74) is 1.44. The summed E-state index contributed by atoms with van der Waals surface area (Å²) in [6.45, 7) is 4.15. The van der Waals surface area contributed by atoms with Gasteiger partial charge in [-0.25, -0.2) is 12.8 Å². The lowest BCUT2D eigenvalue weighted by Crippen LogP contribution is -2.48. The van der Waals surface area contributed by atoms with Crippen LogP contribution in [0.5, 0.6) is 5.75 Å². The van der Waals surface area contributed by atoms with Crippen LogP contribution in [0.2, 0.25) is 0 Å². The fourth-order valence-corrected chi connectivity index (χ4v) is 4.87. The molecule has 3 aromatic rings. The molecule has 0 atom stereocenters. The van der Waals surface area contributed by atoms with Crippen LogP contribution in [0, 0.1) is 5.82 Å². The Morgan fingerprint density at radius 1 is 0.903 bits per heavy atom. The Kier molecular flexibility index (Phi) is 6.15. The van der Waals surface area contributed by atoms with E-state index in [1.807, 2.05) is 24.0 Å². The first-order valence-corrected chi connectivity index (χ1v) is 11.5. The molecule has 1 fully saturated rings. The summed E-state index contributed by atoms with van der Waals surface area (Å²) < 4.78 is 45.8. The minimum atomic E-state index is -3.56. The third-order valence-electron chi connectivity index (χ3n) is 5.13. The molecule has 9 heteroatoms. The van der Waals surface area contributed by atoms with Crippen molar-refractivity contribution in [2.45, 2.75) is 11.8 Å². The van der Waals surface area contributed by atoms with Crippen molar-refractivity contribution in [3.8, 4) is 17.0 Å². The van der Waals surface area contributed by atoms with Gasteiger partial charge in [0.15, 0.2) is 5.82 Å². The van der Waals surface area contributed by atoms with Gasteiger partial charge >= 0.3 is 0 Å². The number of hydrogen-bond donors (Lipinski definition) is 0. The largest absolute Gasteiger partial charge is 0.494 e. The highest BCUT2D eigenvalue weighted by Gasteiger charge is 2.29. The SMILES string of the molecule is CCOc1ccc(S(=O)(=O)N2CCN(c3ccc(-c4ccc(F)cc4)nn3)CC2)cc1. The molecule has 4 rings (SSSR count). The van der Waals surface area contributed by atoms with Crippen LogP contribution in [0.3, 0.4) is 0 Å². The number of aromatic nitrogens is 2. The van der Waals surface area contributed by atoms with Crippen molar-refractivity contribution >= 4 is 15.8 Å². The Morgan fingerprint density at radius 3 is 2.16 bits per heavy atom. The van der Waals surface area contributed by atoms with Crippen LogP contribution in [-0.2, 0) is 10.0 Å². The van der Waals surface area contributed by atoms with Gasteiger partial charge in [-0.1, -0.05) is 0 Å². The fraction of sp³-hybridized carbons (Fsp3) is 0.273. The smallest absolute Gasteiger partial charge is 0.243 e. The Bertz CT molecular complexity index is 1110. The number of piperazine rings is 1. The van der Waals surface area contributed by atoms with Gasteiger partial charge in [-0.05, 0) is 67.6 Å². The Hall–Kier alpha value is -3.04. The third-order valence-corrected chi connectivity index (χ3v) is 7.04. The molecular weight excluding hydrogens is 419 g/mol. The second-order valence-corrected chi connectivity index (χ2v) is 9.02. The van der Waals surface area contributed by atoms with Crippen molar-refractivity contribution in [2.24, 2.45) is 0 Å². The van der Waals surface area contributed by atoms with E-state index in [0.29, 0.717) is 50.0 Å². The first-order valence-electron chi connectivity index (χ1n) is 10.0. The second kappa shape index (κ2) is 8.99. The van der Waals surface area contributed by atoms with Crippen molar-refractivity contribution in [3.63, 3.8) is 0 Å². The van der Waals surface area contributed by atoms with E-state index >= 15 is 0 Å². The molecule has 0 unspecified atom stereocenters. The Balaban J connectivity index is 1.40. The van der Waals surface area contributed by atoms with Crippen molar-refractivity contribution in [1.29, 1.82) is 0 Å². The van der Waals surface area contributed by atoms with E-state index in [9.17, 15) is 12.8 Å². The maximum Gasteiger partial charge on any atom is 0.243 e. The van der Waals surface area contributed by atoms with Crippen molar-refractivity contribution in [3.05, 3.63) is 66.5 Å². The number of hydrogen-bond acceptors (Lipinski definition) is 6. The Morgan fingerprint density at radius 2 is 1.58 bits per heavy atom. The molecule has 0 N–H and O–H groups in total. The number of benzene rings is 2. The zero-order valence-corrected chi connectivity index (χ0v) is 17.9. The number of sulfonamides is 1. The van der Waals surface area contributed by atoms with Gasteiger partial charge in [-0.15, -0.1) is 10.2 Å². The van der Waals surface area contributed by atoms with Crippen LogP contribution < -0.4 is 9.64 Å². The number of ether oxygens (including phenoxy) is 1. The van der Waals surface area contributed by atoms with Crippen molar-refractivity contribution in [1.82, 2.24) is 14.5 Å². The number of halogens is 1. The van der Waals surface area contributed by atoms with Crippen LogP contribution in [-0.4, -0.2) is 55.7 Å². The summed E-state index contributed by atoms with van der Waals surface area (Å²) in [4.78, 5) is 2.26. The van der Waals surface area contributed by atoms with Crippen molar-refractivity contribution < 1.29 is 17.5 Å². The maximum atomic E-state index is 13.1. The van der Waals surface area contributed by atoms with Gasteiger partial charge in [0.2, 0.25) is 10.0 Å². The molecule has 1 aromatic heterocycles. The predicted octanol–water partition coefficient (Wildman–Crippen LogP) is 3.19. The summed E-state index contributed by atoms with van der Waals surface area (Å²) in [6, 6.07) is 16.3. The zero-order valence-electron chi connectivity index (χ0n) is 17.1. The summed E-state index contributed by atoms with van der Waals surface area (Å²) in [5.74, 6) is 1.03. The van der Waals surface area contributed by atoms with Gasteiger partial charge in [-0.3, -0.25) is 0 Å². The van der Waals surface area contributed by atoms with Crippen LogP contribution >= 0.6 is 0 Å². The zero-order chi connectivity index (χ0) is 21.8. The number of nitrogens with zero attached hydrogens (tertiary/aromatic N) is 4. The average molecular weight is 443 g/mol. The van der Waals surface area contributed by atoms with E-state index < -0.39 is 10.0 Å². The molecule has 1 aliphatic heterocycles. The van der Waals surface area contributed by atoms with Gasteiger partial charge < -0.3 is 9.64 Å². The van der Waals surface area contributed by atoms with Crippen molar-refractivity contribution in [2.75, 3.05) is 37.7 Å². The molecule has 162 valence electrons. The highest BCUT2D eigenvalue weighted by Crippen LogP contribution is 2.23. The van der Waals surface area contributed by atoms with Gasteiger partial charge in [0.1, 0.15) is 11.6 Å². The fourth-order valence-electron chi connectivity index (χ4n) is 3.45. The lowest BCUT2D eigenvalue weighted by atomic mass is 10.1. The summed E-state index contributed by atoms with van der Waals surface area (Å²) in [5, 5.41) is 8.51. The minimum absolute atomic E-state index is 0.257. The molecule has 7 nitrogen and oxygen atoms in total. The molecule has 2 aromatic carbocycles. The highest BCUT2D eigenvalue weighted by atomic mass is 32.2. The first kappa shape index (κ1) is 21.2. The van der Waals surface area contributed by atoms with Gasteiger partial charge in [0, 0.05) is 31.7 Å². The first-order chi connectivity index (χ1) is 15.0. The second-order valence-electron chi connectivity index (χ2n) is 7.08. The lowest BCUT2D eigenvalue weighted by molar-refractivity contribution is 0.340. The normalized spacial score (nSPS) is 15.1. The predicted molar refractivity (Wildman–Crippen MR) is 116 cm³/mol. The topological polar surface area (TPSA) is 75.6 Å². The van der Waals surface area contributed by atoms with Crippen LogP contribution in [0.4, 0.5) is 10.2 Å². The standard InChI is InChI=1S/C22H23FN4O3S/c1-2-30-19-7-9-20(10-8-19)31(28,29)27-15-13-26(14-16-27)22-12-11-21(24-25-22)17-3-5-18(23)6-4-17/h3-12H,2,13-16H2,1H3. The minimum Gasteiger partial charge on any atom is -0.494 e. The summed E-state index contributed by atoms with van der Waals surface area (Å²) >= 11 is 0. The average Bonchev–Trinajstić information content (AvgIpc) is 2.80. The summed E-state index contributed by atoms with van der Waals surface area (Å²) in [6.07, 6.45) is 0. The quantitative estimate of drug-likeness (QED) is 0.584. The molecule has 0 radical (unpaired) electrons. The molecule has 0 spiro atoms. The van der Waals surface area contributed by atoms with Crippen LogP contribution in [0.15, 0.2) is 65.6 Å². The van der Waals surface area contributed by atoms with Gasteiger partial charge in [-0.2, -0.15) is 4.31 Å². The van der Waals surface area contributed by atoms with E-state index in [0.717, 1.165) is 5.56 Å². The molecular formula is C22H23FN4O3S. The molecule has 0 aliphatic carbocycles. The maximum absolute atomic E-state index is 13.1. The molecule has 0 amide bonds. The van der Waals surface area contributed by atoms with Crippen LogP contribution in [0.1, 0.15) is 6.92 Å². The van der Waals surface area contributed by atoms with E-state index in [1.54, 1.807) is 36.4 Å². The highest BCUT2D eigenvalue weighted by molar-refractivity contribution is 7.89. The van der Waals surface area contributed by atoms with Gasteiger partial charge in [0.05, 0.1) is 17.2 Å². The van der Waals surface area contributed by atoms with E-state index in [-0.39, 0.29) is 10.7 Å². The molecule has 2 heterocycles. The molecule has 0 bridgehead atoms. The Labute approximate surface area is 181 Å². The molecule has 1 aliphatic rings. The number of anilines is 1. The lowest BCUT2D eigenvalue weighted by Gasteiger charge is -2.34.